The van der Waals surface area contributed by atoms with Crippen LogP contribution in [0.3, 0.4) is 0 Å². The van der Waals surface area contributed by atoms with Crippen molar-refractivity contribution < 1.29 is 19.1 Å². The molecule has 0 atom stereocenters. The average Bonchev–Trinajstić information content (AvgIpc) is 3.04. The molecule has 0 saturated carbocycles. The standard InChI is InChI=1S/C14H12ClNO4S/c1-14(2)11-8(4-9(21-11)12(17)18)16(13(14)19)5-7-3-10(15)20-6-7/h3-4,6H,5H2,1-2H3,(H,17,18). The van der Waals surface area contributed by atoms with Crippen LogP contribution < -0.4 is 4.90 Å². The number of aromatic carboxylic acids is 1. The fourth-order valence-electron chi connectivity index (χ4n) is 2.45. The molecule has 1 aliphatic heterocycles. The van der Waals surface area contributed by atoms with E-state index in [4.69, 9.17) is 21.1 Å². The molecule has 1 amide bonds. The summed E-state index contributed by atoms with van der Waals surface area (Å²) in [6, 6.07) is 3.20. The van der Waals surface area contributed by atoms with Crippen LogP contribution in [-0.2, 0) is 16.8 Å². The fourth-order valence-corrected chi connectivity index (χ4v) is 3.73. The molecule has 0 aliphatic carbocycles. The highest BCUT2D eigenvalue weighted by molar-refractivity contribution is 7.15. The maximum absolute atomic E-state index is 12.6. The second-order valence-corrected chi connectivity index (χ2v) is 6.83. The van der Waals surface area contributed by atoms with Gasteiger partial charge in [-0.2, -0.15) is 0 Å². The first-order chi connectivity index (χ1) is 9.80. The van der Waals surface area contributed by atoms with Crippen LogP contribution in [0.15, 0.2) is 22.8 Å². The van der Waals surface area contributed by atoms with Crippen molar-refractivity contribution in [2.24, 2.45) is 0 Å². The van der Waals surface area contributed by atoms with Gasteiger partial charge in [-0.15, -0.1) is 11.3 Å². The van der Waals surface area contributed by atoms with E-state index in [9.17, 15) is 9.59 Å². The molecule has 0 spiro atoms. The van der Waals surface area contributed by atoms with Gasteiger partial charge in [-0.25, -0.2) is 4.79 Å². The average molecular weight is 326 g/mol. The van der Waals surface area contributed by atoms with Gasteiger partial charge in [0.2, 0.25) is 5.91 Å². The second-order valence-electron chi connectivity index (χ2n) is 5.41. The first-order valence-electron chi connectivity index (χ1n) is 6.23. The third-order valence-electron chi connectivity index (χ3n) is 3.52. The monoisotopic (exact) mass is 325 g/mol. The maximum atomic E-state index is 12.6. The van der Waals surface area contributed by atoms with Gasteiger partial charge in [0.1, 0.15) is 4.88 Å². The van der Waals surface area contributed by atoms with Crippen LogP contribution in [0.2, 0.25) is 5.22 Å². The number of carboxylic acid groups (broad SMARTS) is 1. The van der Waals surface area contributed by atoms with E-state index in [2.05, 4.69) is 0 Å². The van der Waals surface area contributed by atoms with Gasteiger partial charge in [0.25, 0.3) is 0 Å². The number of hydrogen-bond acceptors (Lipinski definition) is 4. The summed E-state index contributed by atoms with van der Waals surface area (Å²) in [6.07, 6.45) is 1.49. The van der Waals surface area contributed by atoms with E-state index in [-0.39, 0.29) is 16.0 Å². The van der Waals surface area contributed by atoms with Crippen molar-refractivity contribution in [1.82, 2.24) is 0 Å². The number of carbonyl (C=O) groups excluding carboxylic acids is 1. The number of thiophene rings is 1. The number of carbonyl (C=O) groups is 2. The molecule has 2 aromatic rings. The highest BCUT2D eigenvalue weighted by Gasteiger charge is 2.46. The van der Waals surface area contributed by atoms with Crippen molar-refractivity contribution in [2.75, 3.05) is 4.90 Å². The van der Waals surface area contributed by atoms with Crippen LogP contribution in [0.25, 0.3) is 0 Å². The summed E-state index contributed by atoms with van der Waals surface area (Å²) in [5.41, 5.74) is 0.700. The molecular weight excluding hydrogens is 314 g/mol. The Bertz CT molecular complexity index is 746. The summed E-state index contributed by atoms with van der Waals surface area (Å²) in [5.74, 6) is -1.04. The van der Waals surface area contributed by atoms with Crippen molar-refractivity contribution in [1.29, 1.82) is 0 Å². The molecule has 0 saturated heterocycles. The van der Waals surface area contributed by atoms with E-state index in [1.807, 2.05) is 0 Å². The van der Waals surface area contributed by atoms with Gasteiger partial charge in [-0.3, -0.25) is 4.79 Å². The van der Waals surface area contributed by atoms with Gasteiger partial charge in [-0.1, -0.05) is 0 Å². The zero-order valence-electron chi connectivity index (χ0n) is 11.3. The van der Waals surface area contributed by atoms with Crippen molar-refractivity contribution in [3.63, 3.8) is 0 Å². The summed E-state index contributed by atoms with van der Waals surface area (Å²) in [4.78, 5) is 26.3. The number of fused-ring (bicyclic) bond motifs is 1. The van der Waals surface area contributed by atoms with Crippen molar-refractivity contribution in [3.05, 3.63) is 38.9 Å². The molecule has 0 bridgehead atoms. The van der Waals surface area contributed by atoms with Crippen LogP contribution in [0.1, 0.15) is 34.0 Å². The highest BCUT2D eigenvalue weighted by atomic mass is 35.5. The van der Waals surface area contributed by atoms with Crippen molar-refractivity contribution >= 4 is 40.5 Å². The molecule has 21 heavy (non-hydrogen) atoms. The molecule has 0 unspecified atom stereocenters. The number of anilines is 1. The van der Waals surface area contributed by atoms with Gasteiger partial charge in [0, 0.05) is 16.5 Å². The Balaban J connectivity index is 2.02. The molecule has 1 aliphatic rings. The molecule has 0 radical (unpaired) electrons. The Hall–Kier alpha value is -1.79. The highest BCUT2D eigenvalue weighted by Crippen LogP contribution is 2.47. The predicted molar refractivity (Wildman–Crippen MR) is 79.2 cm³/mol. The van der Waals surface area contributed by atoms with Crippen LogP contribution in [-0.4, -0.2) is 17.0 Å². The normalized spacial score (nSPS) is 16.3. The largest absolute Gasteiger partial charge is 0.477 e. The first-order valence-corrected chi connectivity index (χ1v) is 7.42. The summed E-state index contributed by atoms with van der Waals surface area (Å²) >= 11 is 6.89. The van der Waals surface area contributed by atoms with Crippen LogP contribution in [0, 0.1) is 0 Å². The Morgan fingerprint density at radius 3 is 2.76 bits per heavy atom. The molecule has 5 nitrogen and oxygen atoms in total. The van der Waals surface area contributed by atoms with E-state index in [0.29, 0.717) is 12.2 Å². The van der Waals surface area contributed by atoms with E-state index >= 15 is 0 Å². The molecule has 3 heterocycles. The minimum absolute atomic E-state index is 0.0574. The molecule has 3 rings (SSSR count). The van der Waals surface area contributed by atoms with Gasteiger partial charge in [0.05, 0.1) is 23.9 Å². The lowest BCUT2D eigenvalue weighted by molar-refractivity contribution is -0.122. The number of carboxylic acids is 1. The topological polar surface area (TPSA) is 70.8 Å². The minimum atomic E-state index is -0.982. The number of nitrogens with zero attached hydrogens (tertiary/aromatic N) is 1. The second kappa shape index (κ2) is 4.61. The molecule has 2 aromatic heterocycles. The molecular formula is C14H12ClNO4S. The van der Waals surface area contributed by atoms with Crippen LogP contribution >= 0.6 is 22.9 Å². The molecule has 110 valence electrons. The van der Waals surface area contributed by atoms with Crippen LogP contribution in [0.4, 0.5) is 5.69 Å². The summed E-state index contributed by atoms with van der Waals surface area (Å²) < 4.78 is 5.03. The Morgan fingerprint density at radius 1 is 1.48 bits per heavy atom. The maximum Gasteiger partial charge on any atom is 0.345 e. The summed E-state index contributed by atoms with van der Waals surface area (Å²) in [5, 5.41) is 9.39. The van der Waals surface area contributed by atoms with Crippen molar-refractivity contribution in [2.45, 2.75) is 25.8 Å². The lowest BCUT2D eigenvalue weighted by atomic mass is 9.93. The molecule has 0 aromatic carbocycles. The number of halogens is 1. The molecule has 1 N–H and O–H groups in total. The third kappa shape index (κ3) is 2.15. The Morgan fingerprint density at radius 2 is 2.19 bits per heavy atom. The van der Waals surface area contributed by atoms with E-state index in [1.54, 1.807) is 30.9 Å². The quantitative estimate of drug-likeness (QED) is 0.937. The Labute approximate surface area is 129 Å². The summed E-state index contributed by atoms with van der Waals surface area (Å²) in [7, 11) is 0. The molecule has 7 heteroatoms. The van der Waals surface area contributed by atoms with E-state index < -0.39 is 11.4 Å². The van der Waals surface area contributed by atoms with Gasteiger partial charge in [0.15, 0.2) is 5.22 Å². The van der Waals surface area contributed by atoms with Gasteiger partial charge in [-0.05, 0) is 31.5 Å². The number of amides is 1. The Kier molecular flexibility index (Phi) is 3.11. The zero-order chi connectivity index (χ0) is 15.4. The summed E-state index contributed by atoms with van der Waals surface area (Å²) in [6.45, 7) is 3.92. The number of rotatable bonds is 3. The smallest absolute Gasteiger partial charge is 0.345 e. The third-order valence-corrected chi connectivity index (χ3v) is 5.16. The lowest BCUT2D eigenvalue weighted by Crippen LogP contribution is -2.35. The van der Waals surface area contributed by atoms with Gasteiger partial charge >= 0.3 is 5.97 Å². The molecule has 0 fully saturated rings. The van der Waals surface area contributed by atoms with E-state index in [0.717, 1.165) is 21.8 Å². The zero-order valence-corrected chi connectivity index (χ0v) is 12.9. The van der Waals surface area contributed by atoms with Crippen LogP contribution in [0.5, 0.6) is 0 Å². The predicted octanol–water partition coefficient (Wildman–Crippen LogP) is 3.52. The SMILES string of the molecule is CC1(C)C(=O)N(Cc2coc(Cl)c2)c2cc(C(=O)O)sc21. The van der Waals surface area contributed by atoms with Crippen molar-refractivity contribution in [3.8, 4) is 0 Å². The fraction of sp³-hybridized carbons (Fsp3) is 0.286. The van der Waals surface area contributed by atoms with Gasteiger partial charge < -0.3 is 14.4 Å². The number of hydrogen-bond donors (Lipinski definition) is 1. The lowest BCUT2D eigenvalue weighted by Gasteiger charge is -2.20. The minimum Gasteiger partial charge on any atom is -0.477 e. The van der Waals surface area contributed by atoms with E-state index in [1.165, 1.54) is 6.26 Å². The number of furan rings is 1. The first kappa shape index (κ1) is 14.2.